The minimum Gasteiger partial charge on any atom is -0.497 e. The molecule has 0 aliphatic rings. The lowest BCUT2D eigenvalue weighted by Gasteiger charge is -2.19. The number of methoxy groups -OCH3 is 1. The second-order valence-electron chi connectivity index (χ2n) is 7.51. The van der Waals surface area contributed by atoms with Crippen LogP contribution in [0.5, 0.6) is 11.5 Å². The number of ether oxygens (including phenoxy) is 3. The molecule has 0 aromatic heterocycles. The van der Waals surface area contributed by atoms with Gasteiger partial charge in [-0.15, -0.1) is 0 Å². The monoisotopic (exact) mass is 503 g/mol. The summed E-state index contributed by atoms with van der Waals surface area (Å²) in [4.78, 5) is 45.4. The van der Waals surface area contributed by atoms with Crippen LogP contribution in [0.15, 0.2) is 48.5 Å². The highest BCUT2D eigenvalue weighted by atomic mass is 32.2. The Morgan fingerprint density at radius 2 is 1.69 bits per heavy atom. The number of aliphatic carboxylic acids is 1. The van der Waals surface area contributed by atoms with Crippen molar-refractivity contribution in [2.75, 3.05) is 20.0 Å². The van der Waals surface area contributed by atoms with E-state index in [4.69, 9.17) is 19.3 Å². The van der Waals surface area contributed by atoms with E-state index in [1.165, 1.54) is 11.8 Å². The van der Waals surface area contributed by atoms with Gasteiger partial charge in [0.25, 0.3) is 0 Å². The van der Waals surface area contributed by atoms with Gasteiger partial charge < -0.3 is 19.3 Å². The Morgan fingerprint density at radius 3 is 2.26 bits per heavy atom. The van der Waals surface area contributed by atoms with E-state index in [-0.39, 0.29) is 31.8 Å². The minimum absolute atomic E-state index is 0.0120. The smallest absolute Gasteiger partial charge is 0.306 e. The van der Waals surface area contributed by atoms with Crippen LogP contribution in [0.4, 0.5) is 0 Å². The maximum atomic E-state index is 12.3. The molecule has 2 amide bonds. The molecule has 0 radical (unpaired) electrons. The standard InChI is InChI=1S/C25H29NO8S/c1-32-19-12-8-18(9-13-19)21(34-24(30)5-3-4-23(28)29)15-33-20-10-6-17(7-11-20)14-22(35-2)25(31)26-16-27/h6-13,16,21-22H,3-5,14-15H2,1-2H3,(H,28,29)(H,26,27,31). The Bertz CT molecular complexity index is 978. The largest absolute Gasteiger partial charge is 0.497 e. The van der Waals surface area contributed by atoms with E-state index in [0.717, 1.165) is 5.56 Å². The molecule has 0 fully saturated rings. The summed E-state index contributed by atoms with van der Waals surface area (Å²) >= 11 is 1.35. The third-order valence-corrected chi connectivity index (χ3v) is 6.01. The maximum Gasteiger partial charge on any atom is 0.306 e. The first-order chi connectivity index (χ1) is 16.9. The van der Waals surface area contributed by atoms with Crippen molar-refractivity contribution in [3.63, 3.8) is 0 Å². The van der Waals surface area contributed by atoms with Crippen LogP contribution in [-0.4, -0.2) is 54.6 Å². The molecule has 0 heterocycles. The predicted molar refractivity (Wildman–Crippen MR) is 130 cm³/mol. The van der Waals surface area contributed by atoms with Gasteiger partial charge in [-0.05, 0) is 54.5 Å². The van der Waals surface area contributed by atoms with Crippen LogP contribution in [-0.2, 0) is 30.3 Å². The summed E-state index contributed by atoms with van der Waals surface area (Å²) in [6, 6.07) is 14.2. The average molecular weight is 504 g/mol. The number of rotatable bonds is 15. The van der Waals surface area contributed by atoms with Gasteiger partial charge in [0.15, 0.2) is 6.10 Å². The molecule has 2 aromatic carbocycles. The highest BCUT2D eigenvalue weighted by Gasteiger charge is 2.20. The number of carbonyl (C=O) groups is 4. The molecule has 2 unspecified atom stereocenters. The third-order valence-electron chi connectivity index (χ3n) is 5.06. The first kappa shape index (κ1) is 27.7. The summed E-state index contributed by atoms with van der Waals surface area (Å²) in [6.07, 6.45) is 1.99. The fourth-order valence-corrected chi connectivity index (χ4v) is 3.80. The Labute approximate surface area is 208 Å². The van der Waals surface area contributed by atoms with Crippen LogP contribution < -0.4 is 14.8 Å². The number of carbonyl (C=O) groups excluding carboxylic acids is 3. The zero-order valence-electron chi connectivity index (χ0n) is 19.6. The Balaban J connectivity index is 2.03. The number of carboxylic acid groups (broad SMARTS) is 1. The second kappa shape index (κ2) is 14.7. The molecule has 0 saturated heterocycles. The van der Waals surface area contributed by atoms with Crippen LogP contribution in [0.3, 0.4) is 0 Å². The van der Waals surface area contributed by atoms with Crippen molar-refractivity contribution in [2.24, 2.45) is 0 Å². The summed E-state index contributed by atoms with van der Waals surface area (Å²) in [6.45, 7) is 0.0471. The number of nitrogens with one attached hydrogen (secondary N) is 1. The molecular weight excluding hydrogens is 474 g/mol. The molecule has 2 rings (SSSR count). The van der Waals surface area contributed by atoms with E-state index in [0.29, 0.717) is 29.9 Å². The number of thioether (sulfide) groups is 1. The van der Waals surface area contributed by atoms with Gasteiger partial charge in [-0.1, -0.05) is 24.3 Å². The third kappa shape index (κ3) is 9.70. The van der Waals surface area contributed by atoms with E-state index in [1.807, 2.05) is 12.1 Å². The van der Waals surface area contributed by atoms with Gasteiger partial charge in [0.05, 0.1) is 12.4 Å². The molecule has 2 aromatic rings. The molecule has 0 aliphatic heterocycles. The molecule has 2 atom stereocenters. The number of imide groups is 1. The molecule has 188 valence electrons. The number of benzene rings is 2. The zero-order valence-corrected chi connectivity index (χ0v) is 20.4. The van der Waals surface area contributed by atoms with Crippen molar-refractivity contribution < 1.29 is 38.5 Å². The quantitative estimate of drug-likeness (QED) is 0.278. The minimum atomic E-state index is -0.968. The van der Waals surface area contributed by atoms with E-state index >= 15 is 0 Å². The number of esters is 1. The molecule has 9 nitrogen and oxygen atoms in total. The Morgan fingerprint density at radius 1 is 1.03 bits per heavy atom. The van der Waals surface area contributed by atoms with Crippen molar-refractivity contribution in [3.8, 4) is 11.5 Å². The lowest BCUT2D eigenvalue weighted by Crippen LogP contribution is -2.32. The van der Waals surface area contributed by atoms with Crippen LogP contribution >= 0.6 is 11.8 Å². The highest BCUT2D eigenvalue weighted by molar-refractivity contribution is 7.99. The van der Waals surface area contributed by atoms with Crippen molar-refractivity contribution in [2.45, 2.75) is 37.0 Å². The molecule has 0 bridgehead atoms. The summed E-state index contributed by atoms with van der Waals surface area (Å²) in [5.41, 5.74) is 1.60. The van der Waals surface area contributed by atoms with Gasteiger partial charge >= 0.3 is 11.9 Å². The molecular formula is C25H29NO8S. The first-order valence-corrected chi connectivity index (χ1v) is 12.2. The fraction of sp³-hybridized carbons (Fsp3) is 0.360. The number of amides is 2. The van der Waals surface area contributed by atoms with Crippen molar-refractivity contribution in [3.05, 3.63) is 59.7 Å². The summed E-state index contributed by atoms with van der Waals surface area (Å²) < 4.78 is 16.6. The fourth-order valence-electron chi connectivity index (χ4n) is 3.16. The predicted octanol–water partition coefficient (Wildman–Crippen LogP) is 3.16. The topological polar surface area (TPSA) is 128 Å². The Hall–Kier alpha value is -3.53. The zero-order chi connectivity index (χ0) is 25.6. The van der Waals surface area contributed by atoms with Crippen molar-refractivity contribution in [1.82, 2.24) is 5.32 Å². The maximum absolute atomic E-state index is 12.3. The van der Waals surface area contributed by atoms with E-state index in [2.05, 4.69) is 5.32 Å². The van der Waals surface area contributed by atoms with Crippen molar-refractivity contribution in [1.29, 1.82) is 0 Å². The molecule has 0 aliphatic carbocycles. The summed E-state index contributed by atoms with van der Waals surface area (Å²) in [5, 5.41) is 10.5. The van der Waals surface area contributed by atoms with Gasteiger partial charge in [-0.25, -0.2) is 0 Å². The van der Waals surface area contributed by atoms with Crippen LogP contribution in [0.25, 0.3) is 0 Å². The second-order valence-corrected chi connectivity index (χ2v) is 8.55. The van der Waals surface area contributed by atoms with E-state index in [1.54, 1.807) is 49.8 Å². The normalized spacial score (nSPS) is 12.2. The molecule has 35 heavy (non-hydrogen) atoms. The average Bonchev–Trinajstić information content (AvgIpc) is 2.85. The van der Waals surface area contributed by atoms with E-state index < -0.39 is 23.3 Å². The van der Waals surface area contributed by atoms with Gasteiger partial charge in [0.1, 0.15) is 18.1 Å². The molecule has 0 spiro atoms. The molecule has 0 saturated carbocycles. The molecule has 10 heteroatoms. The van der Waals surface area contributed by atoms with Gasteiger partial charge in [0.2, 0.25) is 12.3 Å². The first-order valence-electron chi connectivity index (χ1n) is 10.9. The van der Waals surface area contributed by atoms with Gasteiger partial charge in [-0.3, -0.25) is 24.5 Å². The number of hydrogen-bond acceptors (Lipinski definition) is 8. The summed E-state index contributed by atoms with van der Waals surface area (Å²) in [5.74, 6) is -0.623. The van der Waals surface area contributed by atoms with Crippen LogP contribution in [0.2, 0.25) is 0 Å². The van der Waals surface area contributed by atoms with Gasteiger partial charge in [-0.2, -0.15) is 11.8 Å². The van der Waals surface area contributed by atoms with Crippen molar-refractivity contribution >= 4 is 36.0 Å². The number of hydrogen-bond donors (Lipinski definition) is 2. The van der Waals surface area contributed by atoms with Gasteiger partial charge in [0, 0.05) is 12.8 Å². The Kier molecular flexibility index (Phi) is 11.6. The van der Waals surface area contributed by atoms with Crippen LogP contribution in [0.1, 0.15) is 36.5 Å². The van der Waals surface area contributed by atoms with Crippen LogP contribution in [0, 0.1) is 0 Å². The molecule has 2 N–H and O–H groups in total. The summed E-state index contributed by atoms with van der Waals surface area (Å²) in [7, 11) is 1.55. The lowest BCUT2D eigenvalue weighted by molar-refractivity contribution is -0.151. The highest BCUT2D eigenvalue weighted by Crippen LogP contribution is 2.24. The van der Waals surface area contributed by atoms with E-state index in [9.17, 15) is 19.2 Å². The number of carboxylic acids is 1. The SMILES string of the molecule is COc1ccc(C(COc2ccc(CC(SC)C(=O)NC=O)cc2)OC(=O)CCCC(=O)O)cc1. The lowest BCUT2D eigenvalue weighted by atomic mass is 10.1.